The van der Waals surface area contributed by atoms with E-state index >= 15 is 0 Å². The Bertz CT molecular complexity index is 892. The Labute approximate surface area is 158 Å². The van der Waals surface area contributed by atoms with Gasteiger partial charge in [0.15, 0.2) is 6.61 Å². The van der Waals surface area contributed by atoms with E-state index < -0.39 is 11.9 Å². The second kappa shape index (κ2) is 8.03. The summed E-state index contributed by atoms with van der Waals surface area (Å²) in [4.78, 5) is 37.9. The van der Waals surface area contributed by atoms with Crippen LogP contribution < -0.4 is 10.2 Å². The average molecular weight is 366 g/mol. The molecule has 2 aromatic carbocycles. The third kappa shape index (κ3) is 4.34. The van der Waals surface area contributed by atoms with Crippen LogP contribution >= 0.6 is 0 Å². The van der Waals surface area contributed by atoms with E-state index in [1.807, 2.05) is 26.0 Å². The second-order valence-corrected chi connectivity index (χ2v) is 6.57. The van der Waals surface area contributed by atoms with Crippen molar-refractivity contribution in [2.24, 2.45) is 0 Å². The Morgan fingerprint density at radius 1 is 1.15 bits per heavy atom. The highest BCUT2D eigenvalue weighted by atomic mass is 16.5. The zero-order chi connectivity index (χ0) is 19.4. The highest BCUT2D eigenvalue weighted by molar-refractivity contribution is 5.98. The summed E-state index contributed by atoms with van der Waals surface area (Å²) < 4.78 is 5.13. The van der Waals surface area contributed by atoms with Gasteiger partial charge in [0.05, 0.1) is 5.56 Å². The zero-order valence-corrected chi connectivity index (χ0v) is 15.5. The predicted octanol–water partition coefficient (Wildman–Crippen LogP) is 3.23. The highest BCUT2D eigenvalue weighted by Crippen LogP contribution is 2.24. The maximum absolute atomic E-state index is 12.2. The average Bonchev–Trinajstić information content (AvgIpc) is 3.08. The molecule has 0 radical (unpaired) electrons. The SMILES string of the molecule is Cc1cccc(C(=O)OCC(=O)Nc2cccc(N3CCCC3=O)c2)c1C. The monoisotopic (exact) mass is 366 g/mol. The van der Waals surface area contributed by atoms with Crippen molar-refractivity contribution in [3.63, 3.8) is 0 Å². The number of amides is 2. The lowest BCUT2D eigenvalue weighted by Gasteiger charge is -2.16. The Hall–Kier alpha value is -3.15. The molecule has 140 valence electrons. The quantitative estimate of drug-likeness (QED) is 0.825. The van der Waals surface area contributed by atoms with Crippen LogP contribution in [0.25, 0.3) is 0 Å². The van der Waals surface area contributed by atoms with Crippen LogP contribution in [-0.2, 0) is 14.3 Å². The van der Waals surface area contributed by atoms with Crippen molar-refractivity contribution < 1.29 is 19.1 Å². The van der Waals surface area contributed by atoms with E-state index in [0.29, 0.717) is 24.2 Å². The number of aryl methyl sites for hydroxylation is 1. The Morgan fingerprint density at radius 2 is 1.93 bits per heavy atom. The first-order chi connectivity index (χ1) is 13.0. The second-order valence-electron chi connectivity index (χ2n) is 6.57. The summed E-state index contributed by atoms with van der Waals surface area (Å²) in [5, 5.41) is 2.70. The van der Waals surface area contributed by atoms with Crippen molar-refractivity contribution in [3.8, 4) is 0 Å². The number of benzene rings is 2. The van der Waals surface area contributed by atoms with E-state index in [2.05, 4.69) is 5.32 Å². The molecule has 0 aromatic heterocycles. The van der Waals surface area contributed by atoms with Gasteiger partial charge in [-0.1, -0.05) is 18.2 Å². The van der Waals surface area contributed by atoms with Crippen LogP contribution in [0, 0.1) is 13.8 Å². The van der Waals surface area contributed by atoms with Crippen LogP contribution in [0.15, 0.2) is 42.5 Å². The van der Waals surface area contributed by atoms with E-state index in [-0.39, 0.29) is 12.5 Å². The molecule has 1 N–H and O–H groups in total. The molecule has 6 heteroatoms. The normalized spacial score (nSPS) is 13.6. The standard InChI is InChI=1S/C21H22N2O4/c1-14-6-3-9-18(15(14)2)21(26)27-13-19(24)22-16-7-4-8-17(12-16)23-11-5-10-20(23)25/h3-4,6-9,12H,5,10-11,13H2,1-2H3,(H,22,24). The molecule has 1 heterocycles. The number of ether oxygens (including phenoxy) is 1. The molecule has 0 aliphatic carbocycles. The maximum Gasteiger partial charge on any atom is 0.338 e. The first-order valence-electron chi connectivity index (χ1n) is 8.89. The van der Waals surface area contributed by atoms with Crippen LogP contribution in [0.4, 0.5) is 11.4 Å². The molecule has 0 saturated carbocycles. The lowest BCUT2D eigenvalue weighted by atomic mass is 10.0. The first kappa shape index (κ1) is 18.6. The molecule has 1 aliphatic heterocycles. The molecule has 0 bridgehead atoms. The summed E-state index contributed by atoms with van der Waals surface area (Å²) in [6, 6.07) is 12.5. The number of nitrogens with one attached hydrogen (secondary N) is 1. The number of hydrogen-bond acceptors (Lipinski definition) is 4. The van der Waals surface area contributed by atoms with E-state index in [9.17, 15) is 14.4 Å². The summed E-state index contributed by atoms with van der Waals surface area (Å²) in [5.74, 6) is -0.873. The van der Waals surface area contributed by atoms with Crippen LogP contribution in [0.2, 0.25) is 0 Å². The Balaban J connectivity index is 1.59. The van der Waals surface area contributed by atoms with Crippen molar-refractivity contribution in [1.82, 2.24) is 0 Å². The molecule has 1 fully saturated rings. The number of carbonyl (C=O) groups is 3. The molecule has 2 amide bonds. The third-order valence-electron chi connectivity index (χ3n) is 4.67. The fourth-order valence-electron chi connectivity index (χ4n) is 3.05. The lowest BCUT2D eigenvalue weighted by Crippen LogP contribution is -2.24. The summed E-state index contributed by atoms with van der Waals surface area (Å²) in [6.07, 6.45) is 1.38. The number of hydrogen-bond donors (Lipinski definition) is 1. The number of nitrogens with zero attached hydrogens (tertiary/aromatic N) is 1. The Morgan fingerprint density at radius 3 is 2.67 bits per heavy atom. The summed E-state index contributed by atoms with van der Waals surface area (Å²) in [7, 11) is 0. The zero-order valence-electron chi connectivity index (χ0n) is 15.5. The molecule has 0 unspecified atom stereocenters. The van der Waals surface area contributed by atoms with Gasteiger partial charge in [-0.05, 0) is 55.7 Å². The summed E-state index contributed by atoms with van der Waals surface area (Å²) in [5.41, 5.74) is 3.59. The van der Waals surface area contributed by atoms with Crippen molar-refractivity contribution in [2.45, 2.75) is 26.7 Å². The molecular weight excluding hydrogens is 344 g/mol. The number of anilines is 2. The molecule has 6 nitrogen and oxygen atoms in total. The highest BCUT2D eigenvalue weighted by Gasteiger charge is 2.22. The van der Waals surface area contributed by atoms with Gasteiger partial charge in [0.25, 0.3) is 5.91 Å². The van der Waals surface area contributed by atoms with Gasteiger partial charge in [0.2, 0.25) is 5.91 Å². The van der Waals surface area contributed by atoms with Gasteiger partial charge in [-0.2, -0.15) is 0 Å². The lowest BCUT2D eigenvalue weighted by molar-refractivity contribution is -0.119. The summed E-state index contributed by atoms with van der Waals surface area (Å²) >= 11 is 0. The number of esters is 1. The maximum atomic E-state index is 12.2. The van der Waals surface area contributed by atoms with Gasteiger partial charge in [-0.3, -0.25) is 9.59 Å². The largest absolute Gasteiger partial charge is 0.452 e. The predicted molar refractivity (Wildman–Crippen MR) is 103 cm³/mol. The number of rotatable bonds is 5. The third-order valence-corrected chi connectivity index (χ3v) is 4.67. The molecule has 3 rings (SSSR count). The minimum atomic E-state index is -0.525. The fourth-order valence-corrected chi connectivity index (χ4v) is 3.05. The number of carbonyl (C=O) groups excluding carboxylic acids is 3. The van der Waals surface area contributed by atoms with E-state index in [1.165, 1.54) is 0 Å². The first-order valence-corrected chi connectivity index (χ1v) is 8.89. The van der Waals surface area contributed by atoms with E-state index in [4.69, 9.17) is 4.74 Å². The van der Waals surface area contributed by atoms with E-state index in [1.54, 1.807) is 35.2 Å². The molecule has 0 spiro atoms. The molecule has 1 saturated heterocycles. The minimum absolute atomic E-state index is 0.0842. The van der Waals surface area contributed by atoms with Gasteiger partial charge >= 0.3 is 5.97 Å². The molecule has 2 aromatic rings. The van der Waals surface area contributed by atoms with Gasteiger partial charge < -0.3 is 15.0 Å². The topological polar surface area (TPSA) is 75.7 Å². The molecule has 1 aliphatic rings. The van der Waals surface area contributed by atoms with Gasteiger partial charge in [-0.25, -0.2) is 4.79 Å². The van der Waals surface area contributed by atoms with Crippen LogP contribution in [0.5, 0.6) is 0 Å². The smallest absolute Gasteiger partial charge is 0.338 e. The Kier molecular flexibility index (Phi) is 5.54. The van der Waals surface area contributed by atoms with Crippen LogP contribution in [0.3, 0.4) is 0 Å². The van der Waals surface area contributed by atoms with Crippen molar-refractivity contribution in [2.75, 3.05) is 23.4 Å². The van der Waals surface area contributed by atoms with Gasteiger partial charge in [0, 0.05) is 24.3 Å². The molecule has 27 heavy (non-hydrogen) atoms. The fraction of sp³-hybridized carbons (Fsp3) is 0.286. The van der Waals surface area contributed by atoms with Gasteiger partial charge in [0.1, 0.15) is 0 Å². The van der Waals surface area contributed by atoms with Crippen LogP contribution in [0.1, 0.15) is 34.3 Å². The molecular formula is C21H22N2O4. The van der Waals surface area contributed by atoms with Crippen LogP contribution in [-0.4, -0.2) is 30.9 Å². The van der Waals surface area contributed by atoms with E-state index in [0.717, 1.165) is 23.2 Å². The van der Waals surface area contributed by atoms with Crippen molar-refractivity contribution in [3.05, 3.63) is 59.2 Å². The van der Waals surface area contributed by atoms with Crippen molar-refractivity contribution >= 4 is 29.2 Å². The van der Waals surface area contributed by atoms with Gasteiger partial charge in [-0.15, -0.1) is 0 Å². The molecule has 0 atom stereocenters. The summed E-state index contributed by atoms with van der Waals surface area (Å²) in [6.45, 7) is 4.07. The van der Waals surface area contributed by atoms with Crippen molar-refractivity contribution in [1.29, 1.82) is 0 Å². The minimum Gasteiger partial charge on any atom is -0.452 e.